The summed E-state index contributed by atoms with van der Waals surface area (Å²) in [6.45, 7) is 6.97. The minimum Gasteiger partial charge on any atom is -0.245 e. The molecule has 0 unspecified atom stereocenters. The van der Waals surface area contributed by atoms with E-state index in [1.54, 1.807) is 0 Å². The van der Waals surface area contributed by atoms with Gasteiger partial charge in [0.1, 0.15) is 12.3 Å². The van der Waals surface area contributed by atoms with Crippen molar-refractivity contribution in [2.24, 2.45) is 5.41 Å². The minimum atomic E-state index is -1.33. The zero-order valence-electron chi connectivity index (χ0n) is 7.12. The number of halogens is 2. The van der Waals surface area contributed by atoms with Crippen molar-refractivity contribution in [3.05, 3.63) is 0 Å². The van der Waals surface area contributed by atoms with Gasteiger partial charge in [0.2, 0.25) is 0 Å². The Morgan fingerprint density at radius 1 is 1.20 bits per heavy atom. The lowest BCUT2D eigenvalue weighted by atomic mass is 9.89. The van der Waals surface area contributed by atoms with E-state index in [1.807, 2.05) is 20.8 Å². The largest absolute Gasteiger partial charge is 0.245 e. The van der Waals surface area contributed by atoms with Crippen molar-refractivity contribution in [3.63, 3.8) is 0 Å². The Kier molecular flexibility index (Phi) is 3.26. The molecule has 0 saturated carbocycles. The molecule has 0 amide bonds. The van der Waals surface area contributed by atoms with Crippen molar-refractivity contribution in [1.82, 2.24) is 0 Å². The molecule has 0 fully saturated rings. The summed E-state index contributed by atoms with van der Waals surface area (Å²) >= 11 is 0. The van der Waals surface area contributed by atoms with Crippen LogP contribution in [0.15, 0.2) is 0 Å². The van der Waals surface area contributed by atoms with Crippen LogP contribution in [0.5, 0.6) is 0 Å². The van der Waals surface area contributed by atoms with Crippen LogP contribution in [-0.2, 0) is 0 Å². The molecule has 0 nitrogen and oxygen atoms in total. The van der Waals surface area contributed by atoms with Gasteiger partial charge in [-0.3, -0.25) is 0 Å². The summed E-state index contributed by atoms with van der Waals surface area (Å²) in [4.78, 5) is 0. The Balaban J connectivity index is 3.68. The van der Waals surface area contributed by atoms with E-state index in [2.05, 4.69) is 0 Å². The first kappa shape index (κ1) is 9.86. The van der Waals surface area contributed by atoms with E-state index in [0.29, 0.717) is 6.42 Å². The van der Waals surface area contributed by atoms with Crippen LogP contribution >= 0.6 is 0 Å². The standard InChI is InChI=1S/C8H16F2/c1-6(9)7(10)5-8(2,3)4/h6-7H,5H2,1-4H3/t6-,7-/m1/s1. The molecule has 62 valence electrons. The van der Waals surface area contributed by atoms with E-state index in [4.69, 9.17) is 0 Å². The van der Waals surface area contributed by atoms with E-state index in [-0.39, 0.29) is 5.41 Å². The second-order valence-electron chi connectivity index (χ2n) is 3.96. The maximum atomic E-state index is 12.6. The fourth-order valence-corrected chi connectivity index (χ4v) is 0.747. The van der Waals surface area contributed by atoms with Gasteiger partial charge in [-0.2, -0.15) is 0 Å². The van der Waals surface area contributed by atoms with Gasteiger partial charge >= 0.3 is 0 Å². The first-order valence-corrected chi connectivity index (χ1v) is 3.61. The van der Waals surface area contributed by atoms with Crippen LogP contribution in [0.4, 0.5) is 8.78 Å². The summed E-state index contributed by atoms with van der Waals surface area (Å²) in [6, 6.07) is 0. The SMILES string of the molecule is C[C@@H](F)[C@H](F)CC(C)(C)C. The van der Waals surface area contributed by atoms with E-state index in [0.717, 1.165) is 0 Å². The molecule has 0 aromatic heterocycles. The number of alkyl halides is 2. The predicted molar refractivity (Wildman–Crippen MR) is 39.5 cm³/mol. The Labute approximate surface area is 61.6 Å². The predicted octanol–water partition coefficient (Wildman–Crippen LogP) is 3.12. The van der Waals surface area contributed by atoms with Gasteiger partial charge in [0.25, 0.3) is 0 Å². The summed E-state index contributed by atoms with van der Waals surface area (Å²) in [6.07, 6.45) is -2.34. The molecule has 2 heteroatoms. The molecule has 0 heterocycles. The van der Waals surface area contributed by atoms with Crippen LogP contribution in [0, 0.1) is 5.41 Å². The fraction of sp³-hybridized carbons (Fsp3) is 1.00. The van der Waals surface area contributed by atoms with Crippen LogP contribution in [0.1, 0.15) is 34.1 Å². The maximum absolute atomic E-state index is 12.6. The first-order chi connectivity index (χ1) is 4.33. The smallest absolute Gasteiger partial charge is 0.131 e. The summed E-state index contributed by atoms with van der Waals surface area (Å²) in [5, 5.41) is 0. The highest BCUT2D eigenvalue weighted by atomic mass is 19.2. The highest BCUT2D eigenvalue weighted by Gasteiger charge is 2.22. The van der Waals surface area contributed by atoms with Gasteiger partial charge in [0.15, 0.2) is 0 Å². The third-order valence-corrected chi connectivity index (χ3v) is 1.31. The lowest BCUT2D eigenvalue weighted by molar-refractivity contribution is 0.132. The molecule has 0 aliphatic heterocycles. The van der Waals surface area contributed by atoms with E-state index in [9.17, 15) is 8.78 Å². The Bertz CT molecular complexity index is 91.9. The van der Waals surface area contributed by atoms with E-state index < -0.39 is 12.3 Å². The third-order valence-electron chi connectivity index (χ3n) is 1.31. The van der Waals surface area contributed by atoms with Crippen molar-refractivity contribution in [2.45, 2.75) is 46.5 Å². The molecule has 0 aliphatic carbocycles. The Hall–Kier alpha value is -0.140. The molecule has 0 aliphatic rings. The average molecular weight is 150 g/mol. The van der Waals surface area contributed by atoms with Crippen molar-refractivity contribution < 1.29 is 8.78 Å². The first-order valence-electron chi connectivity index (χ1n) is 3.61. The normalized spacial score (nSPS) is 18.6. The van der Waals surface area contributed by atoms with Crippen molar-refractivity contribution >= 4 is 0 Å². The van der Waals surface area contributed by atoms with Crippen molar-refractivity contribution in [2.75, 3.05) is 0 Å². The third kappa shape index (κ3) is 4.71. The van der Waals surface area contributed by atoms with Gasteiger partial charge in [0.05, 0.1) is 0 Å². The monoisotopic (exact) mass is 150 g/mol. The van der Waals surface area contributed by atoms with Crippen LogP contribution in [0.2, 0.25) is 0 Å². The van der Waals surface area contributed by atoms with Crippen LogP contribution in [0.25, 0.3) is 0 Å². The fourth-order valence-electron chi connectivity index (χ4n) is 0.747. The molecule has 0 rings (SSSR count). The number of hydrogen-bond donors (Lipinski definition) is 0. The zero-order chi connectivity index (χ0) is 8.36. The maximum Gasteiger partial charge on any atom is 0.131 e. The van der Waals surface area contributed by atoms with Gasteiger partial charge < -0.3 is 0 Å². The lowest BCUT2D eigenvalue weighted by Crippen LogP contribution is -2.21. The van der Waals surface area contributed by atoms with Gasteiger partial charge in [-0.1, -0.05) is 20.8 Å². The summed E-state index contributed by atoms with van der Waals surface area (Å²) in [5.41, 5.74) is -0.111. The van der Waals surface area contributed by atoms with E-state index in [1.165, 1.54) is 6.92 Å². The molecule has 0 bridgehead atoms. The van der Waals surface area contributed by atoms with Gasteiger partial charge in [0, 0.05) is 0 Å². The molecule has 0 spiro atoms. The molecule has 0 aromatic rings. The summed E-state index contributed by atoms with van der Waals surface area (Å²) < 4.78 is 24.9. The average Bonchev–Trinajstić information content (AvgIpc) is 1.60. The molecule has 2 atom stereocenters. The lowest BCUT2D eigenvalue weighted by Gasteiger charge is -2.21. The van der Waals surface area contributed by atoms with E-state index >= 15 is 0 Å². The molecule has 0 aromatic carbocycles. The highest BCUT2D eigenvalue weighted by molar-refractivity contribution is 4.71. The van der Waals surface area contributed by atoms with Gasteiger partial charge in [-0.25, -0.2) is 8.78 Å². The Morgan fingerprint density at radius 3 is 1.70 bits per heavy atom. The van der Waals surface area contributed by atoms with Crippen molar-refractivity contribution in [1.29, 1.82) is 0 Å². The molecular weight excluding hydrogens is 134 g/mol. The van der Waals surface area contributed by atoms with Crippen molar-refractivity contribution in [3.8, 4) is 0 Å². The van der Waals surface area contributed by atoms with Crippen LogP contribution in [0.3, 0.4) is 0 Å². The second kappa shape index (κ2) is 3.31. The molecule has 0 N–H and O–H groups in total. The quantitative estimate of drug-likeness (QED) is 0.567. The molecule has 0 saturated heterocycles. The Morgan fingerprint density at radius 2 is 1.60 bits per heavy atom. The zero-order valence-corrected chi connectivity index (χ0v) is 7.12. The van der Waals surface area contributed by atoms with Gasteiger partial charge in [-0.05, 0) is 18.8 Å². The second-order valence-corrected chi connectivity index (χ2v) is 3.96. The summed E-state index contributed by atoms with van der Waals surface area (Å²) in [5.74, 6) is 0. The van der Waals surface area contributed by atoms with Crippen LogP contribution < -0.4 is 0 Å². The number of hydrogen-bond acceptors (Lipinski definition) is 0. The minimum absolute atomic E-state index is 0.111. The van der Waals surface area contributed by atoms with Crippen LogP contribution in [-0.4, -0.2) is 12.3 Å². The van der Waals surface area contributed by atoms with Gasteiger partial charge in [-0.15, -0.1) is 0 Å². The molecular formula is C8H16F2. The topological polar surface area (TPSA) is 0 Å². The number of rotatable bonds is 2. The highest BCUT2D eigenvalue weighted by Crippen LogP contribution is 2.24. The summed E-state index contributed by atoms with van der Waals surface area (Å²) in [7, 11) is 0. The molecule has 0 radical (unpaired) electrons. The molecule has 10 heavy (non-hydrogen) atoms.